The van der Waals surface area contributed by atoms with Crippen molar-refractivity contribution in [1.82, 2.24) is 14.6 Å². The summed E-state index contributed by atoms with van der Waals surface area (Å²) < 4.78 is 5.50. The van der Waals surface area contributed by atoms with E-state index in [1.165, 1.54) is 0 Å². The molecule has 0 aliphatic heterocycles. The average molecular weight is 194 g/mol. The van der Waals surface area contributed by atoms with Crippen LogP contribution in [-0.4, -0.2) is 38.3 Å². The van der Waals surface area contributed by atoms with E-state index in [1.807, 2.05) is 21.1 Å². The predicted octanol–water partition coefficient (Wildman–Crippen LogP) is 0.730. The summed E-state index contributed by atoms with van der Waals surface area (Å²) in [5.74, 6) is 0.521. The molecule has 0 unspecified atom stereocenters. The van der Waals surface area contributed by atoms with E-state index in [1.54, 1.807) is 7.05 Å². The Balaban J connectivity index is 0.00000121. The second-order valence-electron chi connectivity index (χ2n) is 3.16. The Morgan fingerprint density at radius 1 is 1.33 bits per heavy atom. The van der Waals surface area contributed by atoms with Crippen LogP contribution in [0.25, 0.3) is 0 Å². The second kappa shape index (κ2) is 3.73. The van der Waals surface area contributed by atoms with Gasteiger partial charge in [-0.3, -0.25) is 4.52 Å². The Morgan fingerprint density at radius 3 is 2.17 bits per heavy atom. The van der Waals surface area contributed by atoms with Gasteiger partial charge in [0.25, 0.3) is 5.95 Å². The number of hydrogen-bond donors (Lipinski definition) is 1. The zero-order chi connectivity index (χ0) is 8.48. The maximum absolute atomic E-state index is 4.97. The van der Waals surface area contributed by atoms with Crippen molar-refractivity contribution in [2.45, 2.75) is 0 Å². The van der Waals surface area contributed by atoms with Crippen LogP contribution in [0.4, 0.5) is 12.0 Å². The predicted molar refractivity (Wildman–Crippen MR) is 50.7 cm³/mol. The maximum Gasteiger partial charge on any atom is 0.428 e. The minimum absolute atomic E-state index is 0. The van der Waals surface area contributed by atoms with Crippen LogP contribution in [0.5, 0.6) is 0 Å². The van der Waals surface area contributed by atoms with Crippen molar-refractivity contribution in [3.8, 4) is 0 Å². The van der Waals surface area contributed by atoms with Gasteiger partial charge in [-0.2, -0.15) is 0 Å². The van der Waals surface area contributed by atoms with Crippen LogP contribution in [0, 0.1) is 0 Å². The molecule has 0 saturated carbocycles. The zero-order valence-electron chi connectivity index (χ0n) is 7.66. The van der Waals surface area contributed by atoms with Crippen LogP contribution >= 0.6 is 12.4 Å². The SMILES string of the molecule is CNc1noc([N+](C)(C)C)n1.Cl. The van der Waals surface area contributed by atoms with Crippen molar-refractivity contribution >= 4 is 24.4 Å². The van der Waals surface area contributed by atoms with Gasteiger partial charge < -0.3 is 5.32 Å². The van der Waals surface area contributed by atoms with E-state index >= 15 is 0 Å². The van der Waals surface area contributed by atoms with Crippen molar-refractivity contribution in [3.63, 3.8) is 0 Å². The molecule has 0 spiro atoms. The summed E-state index contributed by atoms with van der Waals surface area (Å²) in [6.45, 7) is 0. The number of nitrogens with one attached hydrogen (secondary N) is 1. The third kappa shape index (κ3) is 2.35. The largest absolute Gasteiger partial charge is 0.428 e. The fraction of sp³-hybridized carbons (Fsp3) is 0.667. The maximum atomic E-state index is 4.97. The Bertz CT molecular complexity index is 242. The molecule has 5 nitrogen and oxygen atoms in total. The number of quaternary nitrogens is 1. The normalized spacial score (nSPS) is 10.7. The molecule has 0 aromatic carbocycles. The molecule has 0 bridgehead atoms. The first-order valence-corrected chi connectivity index (χ1v) is 3.37. The molecule has 0 fully saturated rings. The lowest BCUT2D eigenvalue weighted by molar-refractivity contribution is 0.318. The lowest BCUT2D eigenvalue weighted by atomic mass is 10.7. The molecule has 1 aromatic heterocycles. The van der Waals surface area contributed by atoms with E-state index in [9.17, 15) is 0 Å². The zero-order valence-corrected chi connectivity index (χ0v) is 8.47. The van der Waals surface area contributed by atoms with Crippen molar-refractivity contribution in [1.29, 1.82) is 0 Å². The first kappa shape index (κ1) is 11.2. The van der Waals surface area contributed by atoms with Gasteiger partial charge in [-0.05, 0) is 5.16 Å². The summed E-state index contributed by atoms with van der Waals surface area (Å²) in [5.41, 5.74) is 0. The summed E-state index contributed by atoms with van der Waals surface area (Å²) >= 11 is 0. The molecule has 0 aliphatic rings. The third-order valence-electron chi connectivity index (χ3n) is 1.21. The minimum atomic E-state index is 0. The topological polar surface area (TPSA) is 51.0 Å². The van der Waals surface area contributed by atoms with Crippen LogP contribution in [0.2, 0.25) is 0 Å². The summed E-state index contributed by atoms with van der Waals surface area (Å²) in [5, 5.41) is 6.48. The molecule has 0 saturated heterocycles. The molecular weight excluding hydrogens is 180 g/mol. The number of nitrogens with zero attached hydrogens (tertiary/aromatic N) is 3. The monoisotopic (exact) mass is 193 g/mol. The highest BCUT2D eigenvalue weighted by Crippen LogP contribution is 2.14. The molecule has 1 rings (SSSR count). The van der Waals surface area contributed by atoms with Gasteiger partial charge in [0.15, 0.2) is 0 Å². The van der Waals surface area contributed by atoms with E-state index in [0.29, 0.717) is 16.4 Å². The molecule has 0 radical (unpaired) electrons. The van der Waals surface area contributed by atoms with E-state index in [2.05, 4.69) is 15.5 Å². The van der Waals surface area contributed by atoms with Crippen molar-refractivity contribution in [2.75, 3.05) is 33.5 Å². The molecular formula is C6H14ClN4O+. The van der Waals surface area contributed by atoms with Gasteiger partial charge >= 0.3 is 6.01 Å². The molecule has 1 aromatic rings. The first-order valence-electron chi connectivity index (χ1n) is 3.37. The lowest BCUT2D eigenvalue weighted by Gasteiger charge is -2.15. The standard InChI is InChI=1S/C6H13N4O.ClH/c1-7-5-8-6(11-9-5)10(2,3)4;/h1-4H3,(H,7,9);1H/q+1;. The number of hydrogen-bond acceptors (Lipinski definition) is 4. The lowest BCUT2D eigenvalue weighted by Crippen LogP contribution is -2.35. The van der Waals surface area contributed by atoms with E-state index in [4.69, 9.17) is 4.52 Å². The number of rotatable bonds is 2. The fourth-order valence-electron chi connectivity index (χ4n) is 0.589. The molecule has 0 aliphatic carbocycles. The summed E-state index contributed by atoms with van der Waals surface area (Å²) in [7, 11) is 7.65. The number of anilines is 1. The van der Waals surface area contributed by atoms with Gasteiger partial charge in [-0.15, -0.1) is 17.4 Å². The summed E-state index contributed by atoms with van der Waals surface area (Å²) in [6.07, 6.45) is 0. The van der Waals surface area contributed by atoms with E-state index < -0.39 is 0 Å². The highest BCUT2D eigenvalue weighted by atomic mass is 35.5. The number of halogens is 1. The van der Waals surface area contributed by atoms with Gasteiger partial charge in [0.2, 0.25) is 0 Å². The van der Waals surface area contributed by atoms with Crippen LogP contribution in [0.15, 0.2) is 4.52 Å². The molecule has 1 N–H and O–H groups in total. The van der Waals surface area contributed by atoms with Crippen LogP contribution in [0.1, 0.15) is 0 Å². The Labute approximate surface area is 77.7 Å². The third-order valence-corrected chi connectivity index (χ3v) is 1.21. The summed E-state index contributed by atoms with van der Waals surface area (Å²) in [4.78, 5) is 4.08. The van der Waals surface area contributed by atoms with Gasteiger partial charge in [0.1, 0.15) is 0 Å². The smallest absolute Gasteiger partial charge is 0.354 e. The molecule has 1 heterocycles. The van der Waals surface area contributed by atoms with Crippen molar-refractivity contribution in [3.05, 3.63) is 0 Å². The molecule has 6 heteroatoms. The number of aromatic nitrogens is 2. The first-order chi connectivity index (χ1) is 5.04. The molecule has 0 amide bonds. The van der Waals surface area contributed by atoms with Gasteiger partial charge in [-0.1, -0.05) is 0 Å². The highest BCUT2D eigenvalue weighted by molar-refractivity contribution is 5.85. The van der Waals surface area contributed by atoms with Gasteiger partial charge in [0, 0.05) is 7.05 Å². The molecule has 0 atom stereocenters. The minimum Gasteiger partial charge on any atom is -0.354 e. The summed E-state index contributed by atoms with van der Waals surface area (Å²) in [6, 6.07) is 0.592. The van der Waals surface area contributed by atoms with Gasteiger partial charge in [-0.25, -0.2) is 4.48 Å². The van der Waals surface area contributed by atoms with E-state index in [-0.39, 0.29) is 12.4 Å². The van der Waals surface area contributed by atoms with Crippen molar-refractivity contribution < 1.29 is 4.52 Å². The quantitative estimate of drug-likeness (QED) is 0.704. The fourth-order valence-corrected chi connectivity index (χ4v) is 0.589. The van der Waals surface area contributed by atoms with Crippen LogP contribution in [-0.2, 0) is 0 Å². The molecule has 70 valence electrons. The molecule has 12 heavy (non-hydrogen) atoms. The van der Waals surface area contributed by atoms with Crippen LogP contribution < -0.4 is 9.80 Å². The van der Waals surface area contributed by atoms with Crippen molar-refractivity contribution in [2.24, 2.45) is 0 Å². The Kier molecular flexibility index (Phi) is 3.48. The highest BCUT2D eigenvalue weighted by Gasteiger charge is 2.20. The van der Waals surface area contributed by atoms with E-state index in [0.717, 1.165) is 0 Å². The Hall–Kier alpha value is -0.810. The van der Waals surface area contributed by atoms with Gasteiger partial charge in [0.05, 0.1) is 21.1 Å². The van der Waals surface area contributed by atoms with Crippen LogP contribution in [0.3, 0.4) is 0 Å². The second-order valence-corrected chi connectivity index (χ2v) is 3.16. The average Bonchev–Trinajstić information content (AvgIpc) is 2.32. The Morgan fingerprint density at radius 2 is 1.92 bits per heavy atom.